The zero-order valence-corrected chi connectivity index (χ0v) is 27.0. The zero-order chi connectivity index (χ0) is 32.6. The minimum Gasteiger partial charge on any atom is -0.310 e. The average Bonchev–Trinajstić information content (AvgIpc) is 3.19. The number of hydrogen-bond donors (Lipinski definition) is 0. The van der Waals surface area contributed by atoms with E-state index in [9.17, 15) is 0 Å². The second-order valence-electron chi connectivity index (χ2n) is 12.5. The van der Waals surface area contributed by atoms with Gasteiger partial charge in [0.25, 0.3) is 0 Å². The Labute approximate surface area is 287 Å². The Morgan fingerprint density at radius 2 is 0.694 bits per heavy atom. The van der Waals surface area contributed by atoms with Gasteiger partial charge in [-0.1, -0.05) is 170 Å². The van der Waals surface area contributed by atoms with Gasteiger partial charge in [-0.2, -0.15) is 0 Å². The van der Waals surface area contributed by atoms with Crippen molar-refractivity contribution < 1.29 is 0 Å². The van der Waals surface area contributed by atoms with Crippen LogP contribution in [0.2, 0.25) is 0 Å². The zero-order valence-electron chi connectivity index (χ0n) is 27.0. The van der Waals surface area contributed by atoms with Crippen molar-refractivity contribution >= 4 is 49.4 Å². The second kappa shape index (κ2) is 12.3. The van der Waals surface area contributed by atoms with E-state index in [1.807, 2.05) is 0 Å². The van der Waals surface area contributed by atoms with Crippen LogP contribution in [0.15, 0.2) is 200 Å². The number of hydrogen-bond acceptors (Lipinski definition) is 1. The van der Waals surface area contributed by atoms with Crippen molar-refractivity contribution in [1.29, 1.82) is 0 Å². The van der Waals surface area contributed by atoms with Crippen LogP contribution < -0.4 is 4.90 Å². The highest BCUT2D eigenvalue weighted by atomic mass is 15.1. The summed E-state index contributed by atoms with van der Waals surface area (Å²) in [6.07, 6.45) is 0. The molecular formula is C48H33N. The summed E-state index contributed by atoms with van der Waals surface area (Å²) in [5.41, 5.74) is 10.7. The number of rotatable bonds is 6. The first-order chi connectivity index (χ1) is 24.3. The summed E-state index contributed by atoms with van der Waals surface area (Å²) in [6, 6.07) is 72.4. The van der Waals surface area contributed by atoms with Crippen molar-refractivity contribution in [3.8, 4) is 33.4 Å². The lowest BCUT2D eigenvalue weighted by Crippen LogP contribution is -2.10. The molecule has 9 aromatic carbocycles. The summed E-state index contributed by atoms with van der Waals surface area (Å²) in [5.74, 6) is 0. The largest absolute Gasteiger partial charge is 0.310 e. The fourth-order valence-corrected chi connectivity index (χ4v) is 7.30. The van der Waals surface area contributed by atoms with E-state index in [2.05, 4.69) is 205 Å². The van der Waals surface area contributed by atoms with Gasteiger partial charge in [0.05, 0.1) is 5.69 Å². The molecule has 0 aliphatic carbocycles. The lowest BCUT2D eigenvalue weighted by Gasteiger charge is -2.27. The highest BCUT2D eigenvalue weighted by Crippen LogP contribution is 2.43. The minimum atomic E-state index is 1.11. The van der Waals surface area contributed by atoms with Crippen LogP contribution in [-0.4, -0.2) is 0 Å². The van der Waals surface area contributed by atoms with Gasteiger partial charge in [0, 0.05) is 16.8 Å². The van der Waals surface area contributed by atoms with Gasteiger partial charge in [-0.3, -0.25) is 0 Å². The molecule has 230 valence electrons. The maximum absolute atomic E-state index is 2.40. The molecule has 49 heavy (non-hydrogen) atoms. The second-order valence-corrected chi connectivity index (χ2v) is 12.5. The number of anilines is 3. The lowest BCUT2D eigenvalue weighted by atomic mass is 9.94. The molecule has 0 saturated heterocycles. The molecule has 0 amide bonds. The van der Waals surface area contributed by atoms with Crippen molar-refractivity contribution in [2.75, 3.05) is 4.90 Å². The maximum atomic E-state index is 2.40. The van der Waals surface area contributed by atoms with Gasteiger partial charge >= 0.3 is 0 Å². The van der Waals surface area contributed by atoms with Crippen LogP contribution in [0.4, 0.5) is 17.1 Å². The lowest BCUT2D eigenvalue weighted by molar-refractivity contribution is 1.30. The van der Waals surface area contributed by atoms with E-state index in [-0.39, 0.29) is 0 Å². The van der Waals surface area contributed by atoms with E-state index in [4.69, 9.17) is 0 Å². The Kier molecular flexibility index (Phi) is 7.22. The molecule has 0 aliphatic rings. The Bertz CT molecular complexity index is 2560. The molecule has 9 rings (SSSR count). The fourth-order valence-electron chi connectivity index (χ4n) is 7.30. The Morgan fingerprint density at radius 3 is 1.41 bits per heavy atom. The molecule has 0 aromatic heterocycles. The Balaban J connectivity index is 1.21. The van der Waals surface area contributed by atoms with Crippen LogP contribution in [-0.2, 0) is 0 Å². The molecule has 9 aromatic rings. The minimum absolute atomic E-state index is 1.11. The van der Waals surface area contributed by atoms with Gasteiger partial charge in [-0.25, -0.2) is 0 Å². The molecule has 1 nitrogen and oxygen atoms in total. The third kappa shape index (κ3) is 5.23. The summed E-state index contributed by atoms with van der Waals surface area (Å²) in [6.45, 7) is 0. The highest BCUT2D eigenvalue weighted by Gasteiger charge is 2.18. The molecule has 0 bridgehead atoms. The van der Waals surface area contributed by atoms with Crippen LogP contribution in [0.1, 0.15) is 0 Å². The molecule has 0 spiro atoms. The first-order valence-corrected chi connectivity index (χ1v) is 16.9. The van der Waals surface area contributed by atoms with Crippen LogP contribution in [0.5, 0.6) is 0 Å². The average molecular weight is 624 g/mol. The topological polar surface area (TPSA) is 3.24 Å². The SMILES string of the molecule is c1ccc(-c2ccc(N(c3ccc(-c4cccc5ccccc45)cc3)c3cccc4c3ccc3c(-c5ccccc5)cccc34)cc2)cc1. The van der Waals surface area contributed by atoms with Gasteiger partial charge in [-0.05, 0) is 90.6 Å². The molecule has 0 fully saturated rings. The molecule has 0 heterocycles. The van der Waals surface area contributed by atoms with E-state index in [1.54, 1.807) is 0 Å². The Hall–Kier alpha value is -6.44. The summed E-state index contributed by atoms with van der Waals surface area (Å²) in [5, 5.41) is 7.49. The summed E-state index contributed by atoms with van der Waals surface area (Å²) in [4.78, 5) is 2.40. The van der Waals surface area contributed by atoms with E-state index >= 15 is 0 Å². The smallest absolute Gasteiger partial charge is 0.0540 e. The maximum Gasteiger partial charge on any atom is 0.0540 e. The van der Waals surface area contributed by atoms with E-state index < -0.39 is 0 Å². The summed E-state index contributed by atoms with van der Waals surface area (Å²) in [7, 11) is 0. The monoisotopic (exact) mass is 623 g/mol. The molecule has 0 saturated carbocycles. The molecule has 0 unspecified atom stereocenters. The van der Waals surface area contributed by atoms with Crippen molar-refractivity contribution in [1.82, 2.24) is 0 Å². The standard InChI is InChI=1S/C48H33N/c1-3-12-34(13-4-1)35-24-28-39(29-25-35)49(40-30-26-38(27-31-40)42-19-9-17-37-16-7-8-18-41(37)42)48-23-11-22-45-44-21-10-20-43(36-14-5-2-6-15-36)46(44)32-33-47(45)48/h1-33H. The first-order valence-electron chi connectivity index (χ1n) is 16.9. The predicted molar refractivity (Wildman–Crippen MR) is 210 cm³/mol. The van der Waals surface area contributed by atoms with E-state index in [0.717, 1.165) is 17.1 Å². The third-order valence-electron chi connectivity index (χ3n) is 9.68. The van der Waals surface area contributed by atoms with Crippen molar-refractivity contribution in [2.45, 2.75) is 0 Å². The highest BCUT2D eigenvalue weighted by molar-refractivity contribution is 6.16. The van der Waals surface area contributed by atoms with Gasteiger partial charge in [-0.15, -0.1) is 0 Å². The number of nitrogens with zero attached hydrogens (tertiary/aromatic N) is 1. The Morgan fingerprint density at radius 1 is 0.245 bits per heavy atom. The van der Waals surface area contributed by atoms with E-state index in [0.29, 0.717) is 0 Å². The third-order valence-corrected chi connectivity index (χ3v) is 9.68. The number of fused-ring (bicyclic) bond motifs is 4. The summed E-state index contributed by atoms with van der Waals surface area (Å²) >= 11 is 0. The van der Waals surface area contributed by atoms with Crippen LogP contribution >= 0.6 is 0 Å². The van der Waals surface area contributed by atoms with Crippen LogP contribution in [0.25, 0.3) is 65.7 Å². The molecule has 0 N–H and O–H groups in total. The van der Waals surface area contributed by atoms with Crippen LogP contribution in [0, 0.1) is 0 Å². The molecular weight excluding hydrogens is 591 g/mol. The fraction of sp³-hybridized carbons (Fsp3) is 0. The number of benzene rings is 9. The van der Waals surface area contributed by atoms with Crippen molar-refractivity contribution in [3.05, 3.63) is 200 Å². The van der Waals surface area contributed by atoms with Gasteiger partial charge in [0.1, 0.15) is 0 Å². The first kappa shape index (κ1) is 28.8. The molecule has 0 aliphatic heterocycles. The predicted octanol–water partition coefficient (Wildman–Crippen LogP) is 13.6. The van der Waals surface area contributed by atoms with Crippen LogP contribution in [0.3, 0.4) is 0 Å². The van der Waals surface area contributed by atoms with Gasteiger partial charge < -0.3 is 4.90 Å². The normalized spacial score (nSPS) is 11.3. The van der Waals surface area contributed by atoms with Gasteiger partial charge in [0.15, 0.2) is 0 Å². The molecule has 1 heteroatoms. The van der Waals surface area contributed by atoms with Gasteiger partial charge in [0.2, 0.25) is 0 Å². The van der Waals surface area contributed by atoms with Crippen molar-refractivity contribution in [3.63, 3.8) is 0 Å². The molecule has 0 atom stereocenters. The summed E-state index contributed by atoms with van der Waals surface area (Å²) < 4.78 is 0. The van der Waals surface area contributed by atoms with E-state index in [1.165, 1.54) is 65.7 Å². The quantitative estimate of drug-likeness (QED) is 0.167. The van der Waals surface area contributed by atoms with Crippen molar-refractivity contribution in [2.24, 2.45) is 0 Å². The molecule has 0 radical (unpaired) electrons.